The maximum atomic E-state index is 12.2. The molecule has 11 N–H and O–H groups in total. The zero-order valence-corrected chi connectivity index (χ0v) is 13.8. The topological polar surface area (TPSA) is 192 Å². The van der Waals surface area contributed by atoms with Crippen LogP contribution in [0.25, 0.3) is 0 Å². The Morgan fingerprint density at radius 3 is 2.46 bits per heavy atom. The molecule has 10 nitrogen and oxygen atoms in total. The molecule has 1 aliphatic heterocycles. The summed E-state index contributed by atoms with van der Waals surface area (Å²) in [6.07, 6.45) is -2.35. The summed E-state index contributed by atoms with van der Waals surface area (Å²) in [5, 5.41) is 22.9. The highest BCUT2D eigenvalue weighted by molar-refractivity contribution is 5.81. The van der Waals surface area contributed by atoms with Gasteiger partial charge in [-0.2, -0.15) is 0 Å². The highest BCUT2D eigenvalue weighted by Crippen LogP contribution is 2.22. The number of aliphatic hydroxyl groups is 2. The van der Waals surface area contributed by atoms with E-state index >= 15 is 0 Å². The predicted octanol–water partition coefficient (Wildman–Crippen LogP) is -3.69. The zero-order chi connectivity index (χ0) is 18.1. The lowest BCUT2D eigenvalue weighted by atomic mass is 9.96. The van der Waals surface area contributed by atoms with Crippen molar-refractivity contribution in [3.05, 3.63) is 0 Å². The van der Waals surface area contributed by atoms with Crippen molar-refractivity contribution in [1.29, 1.82) is 0 Å². The van der Waals surface area contributed by atoms with Crippen molar-refractivity contribution in [3.63, 3.8) is 0 Å². The van der Waals surface area contributed by atoms with E-state index in [-0.39, 0.29) is 19.7 Å². The van der Waals surface area contributed by atoms with Crippen LogP contribution in [-0.4, -0.2) is 79.0 Å². The van der Waals surface area contributed by atoms with Crippen LogP contribution in [0.3, 0.4) is 0 Å². The number of nitrogens with two attached hydrogens (primary N) is 4. The van der Waals surface area contributed by atoms with E-state index in [0.29, 0.717) is 13.0 Å². The fourth-order valence-electron chi connectivity index (χ4n) is 2.52. The first-order valence-electron chi connectivity index (χ1n) is 8.25. The largest absolute Gasteiger partial charge is 0.388 e. The number of carbonyl (C=O) groups is 1. The highest BCUT2D eigenvalue weighted by atomic mass is 16.7. The molecule has 1 fully saturated rings. The smallest absolute Gasteiger partial charge is 0.237 e. The number of rotatable bonds is 10. The number of ether oxygens (including phenoxy) is 2. The van der Waals surface area contributed by atoms with Crippen molar-refractivity contribution in [1.82, 2.24) is 5.32 Å². The van der Waals surface area contributed by atoms with Crippen molar-refractivity contribution < 1.29 is 24.5 Å². The first-order valence-corrected chi connectivity index (χ1v) is 8.25. The van der Waals surface area contributed by atoms with E-state index in [9.17, 15) is 15.0 Å². The average Bonchev–Trinajstić information content (AvgIpc) is 2.58. The van der Waals surface area contributed by atoms with E-state index in [2.05, 4.69) is 5.32 Å². The van der Waals surface area contributed by atoms with E-state index in [1.165, 1.54) is 0 Å². The Balaban J connectivity index is 2.70. The van der Waals surface area contributed by atoms with Crippen molar-refractivity contribution in [2.24, 2.45) is 22.9 Å². The molecule has 142 valence electrons. The number of hydrogen-bond donors (Lipinski definition) is 7. The van der Waals surface area contributed by atoms with Crippen LogP contribution in [0.2, 0.25) is 0 Å². The molecule has 10 heteroatoms. The SMILES string of the molecule is NCCCC[C@H](N)C(=O)N[C@H]1[C@@H](OCCN)O[C@H](CN)[C@@H](O)[C@@H]1O. The van der Waals surface area contributed by atoms with Crippen LogP contribution in [0, 0.1) is 0 Å². The maximum Gasteiger partial charge on any atom is 0.237 e. The van der Waals surface area contributed by atoms with Crippen LogP contribution >= 0.6 is 0 Å². The van der Waals surface area contributed by atoms with Gasteiger partial charge in [-0.3, -0.25) is 4.79 Å². The van der Waals surface area contributed by atoms with Gasteiger partial charge in [-0.05, 0) is 19.4 Å². The van der Waals surface area contributed by atoms with Gasteiger partial charge in [-0.15, -0.1) is 0 Å². The number of hydrogen-bond acceptors (Lipinski definition) is 9. The molecule has 0 saturated carbocycles. The van der Waals surface area contributed by atoms with Crippen molar-refractivity contribution in [3.8, 4) is 0 Å². The van der Waals surface area contributed by atoms with Gasteiger partial charge in [-0.25, -0.2) is 0 Å². The third-order valence-electron chi connectivity index (χ3n) is 3.95. The van der Waals surface area contributed by atoms with E-state index in [4.69, 9.17) is 32.4 Å². The Morgan fingerprint density at radius 1 is 1.17 bits per heavy atom. The Labute approximate surface area is 141 Å². The minimum atomic E-state index is -1.30. The second-order valence-corrected chi connectivity index (χ2v) is 5.84. The summed E-state index contributed by atoms with van der Waals surface area (Å²) in [5.74, 6) is -0.459. The van der Waals surface area contributed by atoms with Gasteiger partial charge in [0, 0.05) is 13.1 Å². The van der Waals surface area contributed by atoms with Crippen LogP contribution in [0.5, 0.6) is 0 Å². The fraction of sp³-hybridized carbons (Fsp3) is 0.929. The van der Waals surface area contributed by atoms with Crippen molar-refractivity contribution in [2.75, 3.05) is 26.2 Å². The second kappa shape index (κ2) is 10.9. The highest BCUT2D eigenvalue weighted by Gasteiger charge is 2.45. The lowest BCUT2D eigenvalue weighted by Crippen LogP contribution is -2.66. The fourth-order valence-corrected chi connectivity index (χ4v) is 2.52. The monoisotopic (exact) mass is 349 g/mol. The predicted molar refractivity (Wildman–Crippen MR) is 87.5 cm³/mol. The quantitative estimate of drug-likeness (QED) is 0.194. The zero-order valence-electron chi connectivity index (χ0n) is 13.8. The van der Waals surface area contributed by atoms with Crippen LogP contribution < -0.4 is 28.3 Å². The van der Waals surface area contributed by atoms with Gasteiger partial charge in [0.15, 0.2) is 6.29 Å². The summed E-state index contributed by atoms with van der Waals surface area (Å²) >= 11 is 0. The van der Waals surface area contributed by atoms with Crippen LogP contribution in [0.15, 0.2) is 0 Å². The number of aliphatic hydroxyl groups excluding tert-OH is 2. The molecule has 1 saturated heterocycles. The van der Waals surface area contributed by atoms with Crippen LogP contribution in [-0.2, 0) is 14.3 Å². The third-order valence-corrected chi connectivity index (χ3v) is 3.95. The van der Waals surface area contributed by atoms with E-state index in [0.717, 1.165) is 12.8 Å². The minimum Gasteiger partial charge on any atom is -0.388 e. The molecular formula is C14H31N5O5. The normalized spacial score (nSPS) is 31.7. The molecule has 0 aromatic carbocycles. The van der Waals surface area contributed by atoms with Gasteiger partial charge in [0.2, 0.25) is 5.91 Å². The van der Waals surface area contributed by atoms with Gasteiger partial charge < -0.3 is 47.9 Å². The summed E-state index contributed by atoms with van der Waals surface area (Å²) < 4.78 is 11.0. The molecular weight excluding hydrogens is 318 g/mol. The second-order valence-electron chi connectivity index (χ2n) is 5.84. The first-order chi connectivity index (χ1) is 11.5. The lowest BCUT2D eigenvalue weighted by Gasteiger charge is -2.42. The lowest BCUT2D eigenvalue weighted by molar-refractivity contribution is -0.261. The molecule has 1 rings (SSSR count). The number of carbonyl (C=O) groups excluding carboxylic acids is 1. The van der Waals surface area contributed by atoms with Gasteiger partial charge in [0.05, 0.1) is 12.6 Å². The van der Waals surface area contributed by atoms with Gasteiger partial charge >= 0.3 is 0 Å². The Morgan fingerprint density at radius 2 is 1.88 bits per heavy atom. The molecule has 1 amide bonds. The van der Waals surface area contributed by atoms with Crippen molar-refractivity contribution in [2.45, 2.75) is 55.9 Å². The maximum absolute atomic E-state index is 12.2. The van der Waals surface area contributed by atoms with E-state index in [1.54, 1.807) is 0 Å². The van der Waals surface area contributed by atoms with Crippen molar-refractivity contribution >= 4 is 5.91 Å². The summed E-state index contributed by atoms with van der Waals surface area (Å²) in [4.78, 5) is 12.2. The van der Waals surface area contributed by atoms with E-state index < -0.39 is 42.6 Å². The molecule has 0 aliphatic carbocycles. The number of amides is 1. The molecule has 0 bridgehead atoms. The minimum absolute atomic E-state index is 0.0000191. The van der Waals surface area contributed by atoms with Crippen LogP contribution in [0.4, 0.5) is 0 Å². The summed E-state index contributed by atoms with van der Waals surface area (Å²) in [5.41, 5.74) is 22.2. The van der Waals surface area contributed by atoms with E-state index in [1.807, 2.05) is 0 Å². The summed E-state index contributed by atoms with van der Waals surface area (Å²) in [7, 11) is 0. The molecule has 0 spiro atoms. The molecule has 0 unspecified atom stereocenters. The third kappa shape index (κ3) is 5.90. The average molecular weight is 349 g/mol. The Hall–Kier alpha value is -0.850. The number of nitrogens with one attached hydrogen (secondary N) is 1. The molecule has 6 atom stereocenters. The summed E-state index contributed by atoms with van der Waals surface area (Å²) in [6, 6.07) is -1.72. The molecule has 24 heavy (non-hydrogen) atoms. The Kier molecular flexibility index (Phi) is 9.63. The van der Waals surface area contributed by atoms with Gasteiger partial charge in [0.1, 0.15) is 24.4 Å². The summed E-state index contributed by atoms with van der Waals surface area (Å²) in [6.45, 7) is 0.940. The van der Waals surface area contributed by atoms with Crippen LogP contribution in [0.1, 0.15) is 19.3 Å². The standard InChI is InChI=1S/C14H31N5O5/c15-4-2-1-3-8(18)13(22)19-10-12(21)11(20)9(7-17)24-14(10)23-6-5-16/h8-12,14,20-21H,1-7,15-18H2,(H,19,22)/t8-,9+,10+,11+,12+,14-/m0/s1. The van der Waals surface area contributed by atoms with Gasteiger partial charge in [-0.1, -0.05) is 6.42 Å². The first kappa shape index (κ1) is 21.2. The molecule has 0 radical (unpaired) electrons. The molecule has 1 heterocycles. The molecule has 0 aromatic heterocycles. The van der Waals surface area contributed by atoms with Gasteiger partial charge in [0.25, 0.3) is 0 Å². The molecule has 0 aromatic rings. The molecule has 1 aliphatic rings. The Bertz CT molecular complexity index is 375. The number of unbranched alkanes of at least 4 members (excludes halogenated alkanes) is 1.